The summed E-state index contributed by atoms with van der Waals surface area (Å²) in [5.41, 5.74) is 1.23. The van der Waals surface area contributed by atoms with Crippen molar-refractivity contribution < 1.29 is 23.0 Å². The molecule has 23 heavy (non-hydrogen) atoms. The Morgan fingerprint density at radius 3 is 2.17 bits per heavy atom. The van der Waals surface area contributed by atoms with Crippen LogP contribution in [0.2, 0.25) is 0 Å². The van der Waals surface area contributed by atoms with Crippen molar-refractivity contribution in [3.63, 3.8) is 0 Å². The van der Waals surface area contributed by atoms with E-state index >= 15 is 0 Å². The number of ether oxygens (including phenoxy) is 2. The van der Waals surface area contributed by atoms with Gasteiger partial charge >= 0.3 is 5.97 Å². The van der Waals surface area contributed by atoms with Crippen LogP contribution < -0.4 is 4.74 Å². The molecule has 0 unspecified atom stereocenters. The maximum Gasteiger partial charge on any atom is 0.331 e. The molecule has 0 aliphatic rings. The Balaban J connectivity index is 2.52. The first kappa shape index (κ1) is 16.7. The van der Waals surface area contributed by atoms with Gasteiger partial charge in [0, 0.05) is 12.1 Å². The maximum atomic E-state index is 13.5. The molecule has 0 atom stereocenters. The van der Waals surface area contributed by atoms with Crippen LogP contribution in [0.25, 0.3) is 5.57 Å². The minimum Gasteiger partial charge on any atom is -0.497 e. The topological polar surface area (TPSA) is 35.5 Å². The average molecular weight is 318 g/mol. The summed E-state index contributed by atoms with van der Waals surface area (Å²) < 4.78 is 37.0. The van der Waals surface area contributed by atoms with Crippen LogP contribution in [0.3, 0.4) is 0 Å². The summed E-state index contributed by atoms with van der Waals surface area (Å²) in [5.74, 6) is -1.39. The summed E-state index contributed by atoms with van der Waals surface area (Å²) in [4.78, 5) is 11.8. The number of methoxy groups -OCH3 is 1. The van der Waals surface area contributed by atoms with Crippen LogP contribution in [0.15, 0.2) is 48.5 Å². The molecular weight excluding hydrogens is 302 g/mol. The minimum atomic E-state index is -0.719. The Morgan fingerprint density at radius 1 is 1.04 bits per heavy atom. The average Bonchev–Trinajstić information content (AvgIpc) is 2.52. The van der Waals surface area contributed by atoms with E-state index in [9.17, 15) is 13.6 Å². The van der Waals surface area contributed by atoms with Gasteiger partial charge in [0.2, 0.25) is 0 Å². The third kappa shape index (κ3) is 4.39. The molecule has 0 fully saturated rings. The summed E-state index contributed by atoms with van der Waals surface area (Å²) in [6.45, 7) is 1.89. The molecule has 5 heteroatoms. The molecule has 2 aromatic rings. The van der Waals surface area contributed by atoms with Crippen LogP contribution in [-0.4, -0.2) is 19.7 Å². The van der Waals surface area contributed by atoms with Gasteiger partial charge in [-0.1, -0.05) is 12.1 Å². The summed E-state index contributed by atoms with van der Waals surface area (Å²) in [6, 6.07) is 9.91. The van der Waals surface area contributed by atoms with Crippen LogP contribution in [0.5, 0.6) is 5.75 Å². The lowest BCUT2D eigenvalue weighted by molar-refractivity contribution is -0.137. The van der Waals surface area contributed by atoms with Crippen LogP contribution in [0, 0.1) is 11.6 Å². The largest absolute Gasteiger partial charge is 0.497 e. The SMILES string of the molecule is CCOC(=O)C=C(c1ccc(OC)cc1)c1cc(F)cc(F)c1. The Hall–Kier alpha value is -2.69. The van der Waals surface area contributed by atoms with Crippen LogP contribution >= 0.6 is 0 Å². The van der Waals surface area contributed by atoms with Gasteiger partial charge in [-0.25, -0.2) is 13.6 Å². The van der Waals surface area contributed by atoms with Gasteiger partial charge in [0.05, 0.1) is 13.7 Å². The van der Waals surface area contributed by atoms with Gasteiger partial charge in [-0.3, -0.25) is 0 Å². The number of halogens is 2. The van der Waals surface area contributed by atoms with Gasteiger partial charge in [-0.15, -0.1) is 0 Å². The molecule has 3 nitrogen and oxygen atoms in total. The fourth-order valence-corrected chi connectivity index (χ4v) is 2.12. The number of hydrogen-bond acceptors (Lipinski definition) is 3. The van der Waals surface area contributed by atoms with E-state index in [0.717, 1.165) is 6.07 Å². The van der Waals surface area contributed by atoms with Crippen molar-refractivity contribution in [1.82, 2.24) is 0 Å². The van der Waals surface area contributed by atoms with E-state index in [1.807, 2.05) is 0 Å². The lowest BCUT2D eigenvalue weighted by atomic mass is 9.97. The van der Waals surface area contributed by atoms with E-state index in [4.69, 9.17) is 9.47 Å². The first-order valence-corrected chi connectivity index (χ1v) is 7.03. The lowest BCUT2D eigenvalue weighted by Crippen LogP contribution is -2.02. The lowest BCUT2D eigenvalue weighted by Gasteiger charge is -2.10. The zero-order valence-electron chi connectivity index (χ0n) is 12.8. The second-order valence-corrected chi connectivity index (χ2v) is 4.70. The van der Waals surface area contributed by atoms with Gasteiger partial charge in [0.25, 0.3) is 0 Å². The fourth-order valence-electron chi connectivity index (χ4n) is 2.12. The molecule has 0 bridgehead atoms. The summed E-state index contributed by atoms with van der Waals surface area (Å²) in [7, 11) is 1.53. The van der Waals surface area contributed by atoms with Crippen molar-refractivity contribution >= 4 is 11.5 Å². The van der Waals surface area contributed by atoms with Crippen molar-refractivity contribution in [2.45, 2.75) is 6.92 Å². The van der Waals surface area contributed by atoms with Gasteiger partial charge in [0.15, 0.2) is 0 Å². The molecule has 0 aliphatic heterocycles. The Morgan fingerprint density at radius 2 is 1.65 bits per heavy atom. The zero-order chi connectivity index (χ0) is 16.8. The van der Waals surface area contributed by atoms with Crippen LogP contribution in [-0.2, 0) is 9.53 Å². The summed E-state index contributed by atoms with van der Waals surface area (Å²) in [5, 5.41) is 0. The Kier molecular flexibility index (Phi) is 5.46. The molecular formula is C18H16F2O3. The number of rotatable bonds is 5. The van der Waals surface area contributed by atoms with Crippen molar-refractivity contribution in [3.05, 3.63) is 71.3 Å². The fraction of sp³-hybridized carbons (Fsp3) is 0.167. The van der Waals surface area contributed by atoms with E-state index < -0.39 is 17.6 Å². The van der Waals surface area contributed by atoms with Crippen LogP contribution in [0.1, 0.15) is 18.1 Å². The maximum absolute atomic E-state index is 13.5. The molecule has 2 rings (SSSR count). The smallest absolute Gasteiger partial charge is 0.331 e. The second-order valence-electron chi connectivity index (χ2n) is 4.70. The molecule has 0 aliphatic carbocycles. The number of carbonyl (C=O) groups is 1. The van der Waals surface area contributed by atoms with Gasteiger partial charge in [-0.05, 0) is 47.9 Å². The molecule has 0 heterocycles. The monoisotopic (exact) mass is 318 g/mol. The first-order valence-electron chi connectivity index (χ1n) is 7.03. The highest BCUT2D eigenvalue weighted by molar-refractivity contribution is 5.96. The normalized spacial score (nSPS) is 11.2. The van der Waals surface area contributed by atoms with E-state index in [1.165, 1.54) is 25.3 Å². The molecule has 0 aromatic heterocycles. The van der Waals surface area contributed by atoms with Crippen molar-refractivity contribution in [2.75, 3.05) is 13.7 Å². The zero-order valence-corrected chi connectivity index (χ0v) is 12.8. The molecule has 120 valence electrons. The van der Waals surface area contributed by atoms with E-state index in [0.29, 0.717) is 16.9 Å². The number of esters is 1. The second kappa shape index (κ2) is 7.54. The van der Waals surface area contributed by atoms with Gasteiger partial charge in [0.1, 0.15) is 17.4 Å². The highest BCUT2D eigenvalue weighted by Crippen LogP contribution is 2.26. The molecule has 0 N–H and O–H groups in total. The van der Waals surface area contributed by atoms with Gasteiger partial charge in [-0.2, -0.15) is 0 Å². The number of carbonyl (C=O) groups excluding carboxylic acids is 1. The highest BCUT2D eigenvalue weighted by Gasteiger charge is 2.11. The van der Waals surface area contributed by atoms with Gasteiger partial charge < -0.3 is 9.47 Å². The van der Waals surface area contributed by atoms with Crippen molar-refractivity contribution in [2.24, 2.45) is 0 Å². The van der Waals surface area contributed by atoms with E-state index in [-0.39, 0.29) is 12.2 Å². The minimum absolute atomic E-state index is 0.211. The summed E-state index contributed by atoms with van der Waals surface area (Å²) >= 11 is 0. The third-order valence-corrected chi connectivity index (χ3v) is 3.12. The summed E-state index contributed by atoms with van der Waals surface area (Å²) in [6.07, 6.45) is 1.22. The Labute approximate surface area is 133 Å². The predicted octanol–water partition coefficient (Wildman–Crippen LogP) is 3.97. The molecule has 0 amide bonds. The highest BCUT2D eigenvalue weighted by atomic mass is 19.1. The standard InChI is InChI=1S/C18H16F2O3/c1-3-23-18(21)11-17(12-4-6-16(22-2)7-5-12)13-8-14(19)10-15(20)9-13/h4-11H,3H2,1-2H3. The molecule has 0 saturated carbocycles. The molecule has 2 aromatic carbocycles. The van der Waals surface area contributed by atoms with Crippen molar-refractivity contribution in [3.8, 4) is 5.75 Å². The number of benzene rings is 2. The van der Waals surface area contributed by atoms with Crippen LogP contribution in [0.4, 0.5) is 8.78 Å². The molecule has 0 spiro atoms. The number of hydrogen-bond donors (Lipinski definition) is 0. The third-order valence-electron chi connectivity index (χ3n) is 3.12. The van der Waals surface area contributed by atoms with E-state index in [2.05, 4.69) is 0 Å². The Bertz CT molecular complexity index is 701. The van der Waals surface area contributed by atoms with Crippen molar-refractivity contribution in [1.29, 1.82) is 0 Å². The predicted molar refractivity (Wildman–Crippen MR) is 83.1 cm³/mol. The molecule has 0 saturated heterocycles. The molecule has 0 radical (unpaired) electrons. The quantitative estimate of drug-likeness (QED) is 0.618. The van der Waals surface area contributed by atoms with E-state index in [1.54, 1.807) is 31.2 Å². The first-order chi connectivity index (χ1) is 11.0.